The summed E-state index contributed by atoms with van der Waals surface area (Å²) in [7, 11) is 0. The number of carboxylic acid groups (broad SMARTS) is 1. The number of carbonyl (C=O) groups is 1. The zero-order valence-corrected chi connectivity index (χ0v) is 7.53. The summed E-state index contributed by atoms with van der Waals surface area (Å²) >= 11 is 0. The van der Waals surface area contributed by atoms with Crippen molar-refractivity contribution >= 4 is 5.97 Å². The molecule has 1 heterocycles. The standard InChI is InChI=1S/C9H12N2O2/c1-7(2)3-5-11-6-4-8(10-11)9(12)13/h4,6H,1,3,5H2,2H3,(H,12,13). The first-order chi connectivity index (χ1) is 6.09. The van der Waals surface area contributed by atoms with Crippen molar-refractivity contribution in [3.05, 3.63) is 30.1 Å². The van der Waals surface area contributed by atoms with E-state index in [-0.39, 0.29) is 5.69 Å². The van der Waals surface area contributed by atoms with Gasteiger partial charge >= 0.3 is 5.97 Å². The second-order valence-corrected chi connectivity index (χ2v) is 2.98. The third kappa shape index (κ3) is 2.74. The minimum Gasteiger partial charge on any atom is -0.476 e. The Labute approximate surface area is 76.5 Å². The van der Waals surface area contributed by atoms with Crippen molar-refractivity contribution in [2.75, 3.05) is 0 Å². The van der Waals surface area contributed by atoms with Gasteiger partial charge in [0, 0.05) is 12.7 Å². The molecule has 0 unspecified atom stereocenters. The van der Waals surface area contributed by atoms with Gasteiger partial charge in [0.15, 0.2) is 5.69 Å². The molecule has 0 aliphatic heterocycles. The molecule has 0 aliphatic rings. The third-order valence-corrected chi connectivity index (χ3v) is 1.63. The summed E-state index contributed by atoms with van der Waals surface area (Å²) < 4.78 is 1.61. The number of rotatable bonds is 4. The number of hydrogen-bond acceptors (Lipinski definition) is 2. The van der Waals surface area contributed by atoms with E-state index < -0.39 is 5.97 Å². The number of hydrogen-bond donors (Lipinski definition) is 1. The van der Waals surface area contributed by atoms with Crippen molar-refractivity contribution in [2.24, 2.45) is 0 Å². The largest absolute Gasteiger partial charge is 0.476 e. The predicted molar refractivity (Wildman–Crippen MR) is 48.6 cm³/mol. The Morgan fingerprint density at radius 2 is 2.46 bits per heavy atom. The van der Waals surface area contributed by atoms with E-state index in [1.54, 1.807) is 10.9 Å². The molecule has 1 aromatic rings. The average Bonchev–Trinajstić information content (AvgIpc) is 2.48. The van der Waals surface area contributed by atoms with Crippen molar-refractivity contribution in [2.45, 2.75) is 19.9 Å². The van der Waals surface area contributed by atoms with E-state index in [0.717, 1.165) is 12.0 Å². The van der Waals surface area contributed by atoms with Gasteiger partial charge in [0.1, 0.15) is 0 Å². The zero-order chi connectivity index (χ0) is 9.84. The second kappa shape index (κ2) is 3.89. The summed E-state index contributed by atoms with van der Waals surface area (Å²) in [5.41, 5.74) is 1.15. The Bertz CT molecular complexity index is 328. The van der Waals surface area contributed by atoms with E-state index >= 15 is 0 Å². The lowest BCUT2D eigenvalue weighted by molar-refractivity contribution is 0.0689. The molecule has 0 spiro atoms. The van der Waals surface area contributed by atoms with Crippen LogP contribution in [-0.4, -0.2) is 20.9 Å². The van der Waals surface area contributed by atoms with Gasteiger partial charge < -0.3 is 5.11 Å². The molecule has 0 saturated heterocycles. The number of allylic oxidation sites excluding steroid dienone is 1. The van der Waals surface area contributed by atoms with Gasteiger partial charge in [0.2, 0.25) is 0 Å². The minimum atomic E-state index is -0.992. The first-order valence-corrected chi connectivity index (χ1v) is 4.00. The summed E-state index contributed by atoms with van der Waals surface area (Å²) in [6.45, 7) is 6.37. The van der Waals surface area contributed by atoms with E-state index in [2.05, 4.69) is 11.7 Å². The molecule has 0 fully saturated rings. The fourth-order valence-electron chi connectivity index (χ4n) is 0.906. The molecular formula is C9H12N2O2. The molecule has 4 heteroatoms. The number of aromatic nitrogens is 2. The number of nitrogens with zero attached hydrogens (tertiary/aromatic N) is 2. The quantitative estimate of drug-likeness (QED) is 0.715. The lowest BCUT2D eigenvalue weighted by atomic mass is 10.2. The molecule has 0 radical (unpaired) electrons. The topological polar surface area (TPSA) is 55.1 Å². The first kappa shape index (κ1) is 9.51. The Morgan fingerprint density at radius 1 is 1.77 bits per heavy atom. The van der Waals surface area contributed by atoms with Gasteiger partial charge in [-0.25, -0.2) is 4.79 Å². The molecular weight excluding hydrogens is 168 g/mol. The van der Waals surface area contributed by atoms with Gasteiger partial charge in [-0.3, -0.25) is 4.68 Å². The summed E-state index contributed by atoms with van der Waals surface area (Å²) in [6.07, 6.45) is 2.48. The van der Waals surface area contributed by atoms with Crippen LogP contribution in [0.2, 0.25) is 0 Å². The number of carboxylic acids is 1. The summed E-state index contributed by atoms with van der Waals surface area (Å²) in [5, 5.41) is 12.4. The van der Waals surface area contributed by atoms with Gasteiger partial charge in [-0.2, -0.15) is 5.10 Å². The van der Waals surface area contributed by atoms with Crippen LogP contribution in [0, 0.1) is 0 Å². The molecule has 0 aliphatic carbocycles. The predicted octanol–water partition coefficient (Wildman–Crippen LogP) is 1.55. The van der Waals surface area contributed by atoms with Crippen molar-refractivity contribution in [1.29, 1.82) is 0 Å². The highest BCUT2D eigenvalue weighted by Crippen LogP contribution is 2.00. The molecule has 0 bridgehead atoms. The molecule has 0 aromatic carbocycles. The molecule has 1 aromatic heterocycles. The number of aryl methyl sites for hydroxylation is 1. The van der Waals surface area contributed by atoms with Crippen LogP contribution >= 0.6 is 0 Å². The molecule has 1 rings (SSSR count). The fraction of sp³-hybridized carbons (Fsp3) is 0.333. The summed E-state index contributed by atoms with van der Waals surface area (Å²) in [4.78, 5) is 10.5. The maximum absolute atomic E-state index is 10.5. The molecule has 0 saturated carbocycles. The van der Waals surface area contributed by atoms with E-state index in [9.17, 15) is 4.79 Å². The lowest BCUT2D eigenvalue weighted by Crippen LogP contribution is -2.03. The number of aromatic carboxylic acids is 1. The van der Waals surface area contributed by atoms with Crippen LogP contribution in [0.15, 0.2) is 24.4 Å². The molecule has 0 amide bonds. The maximum atomic E-state index is 10.5. The average molecular weight is 180 g/mol. The van der Waals surface area contributed by atoms with E-state index in [4.69, 9.17) is 5.11 Å². The third-order valence-electron chi connectivity index (χ3n) is 1.63. The molecule has 70 valence electrons. The highest BCUT2D eigenvalue weighted by Gasteiger charge is 2.05. The van der Waals surface area contributed by atoms with Crippen LogP contribution in [0.1, 0.15) is 23.8 Å². The normalized spacial score (nSPS) is 9.92. The highest BCUT2D eigenvalue weighted by atomic mass is 16.4. The fourth-order valence-corrected chi connectivity index (χ4v) is 0.906. The van der Waals surface area contributed by atoms with Gasteiger partial charge in [0.25, 0.3) is 0 Å². The van der Waals surface area contributed by atoms with Gasteiger partial charge in [-0.05, 0) is 19.4 Å². The van der Waals surface area contributed by atoms with Crippen LogP contribution in [0.25, 0.3) is 0 Å². The van der Waals surface area contributed by atoms with Crippen molar-refractivity contribution in [1.82, 2.24) is 9.78 Å². The minimum absolute atomic E-state index is 0.0849. The van der Waals surface area contributed by atoms with Gasteiger partial charge in [0.05, 0.1) is 0 Å². The Morgan fingerprint density at radius 3 is 2.92 bits per heavy atom. The van der Waals surface area contributed by atoms with Crippen LogP contribution in [0.5, 0.6) is 0 Å². The summed E-state index contributed by atoms with van der Waals surface area (Å²) in [6, 6.07) is 1.49. The Kier molecular flexibility index (Phi) is 2.84. The lowest BCUT2D eigenvalue weighted by Gasteiger charge is -1.99. The van der Waals surface area contributed by atoms with Gasteiger partial charge in [-0.15, -0.1) is 6.58 Å². The van der Waals surface area contributed by atoms with E-state index in [1.807, 2.05) is 6.92 Å². The van der Waals surface area contributed by atoms with Crippen LogP contribution in [0.4, 0.5) is 0 Å². The van der Waals surface area contributed by atoms with Crippen molar-refractivity contribution < 1.29 is 9.90 Å². The monoisotopic (exact) mass is 180 g/mol. The van der Waals surface area contributed by atoms with E-state index in [0.29, 0.717) is 6.54 Å². The first-order valence-electron chi connectivity index (χ1n) is 4.00. The maximum Gasteiger partial charge on any atom is 0.356 e. The SMILES string of the molecule is C=C(C)CCn1ccc(C(=O)O)n1. The highest BCUT2D eigenvalue weighted by molar-refractivity contribution is 5.84. The summed E-state index contributed by atoms with van der Waals surface area (Å²) in [5.74, 6) is -0.992. The molecule has 1 N–H and O–H groups in total. The Hall–Kier alpha value is -1.58. The molecule has 4 nitrogen and oxygen atoms in total. The molecule has 13 heavy (non-hydrogen) atoms. The van der Waals surface area contributed by atoms with E-state index in [1.165, 1.54) is 6.07 Å². The molecule has 0 atom stereocenters. The van der Waals surface area contributed by atoms with Crippen LogP contribution in [0.3, 0.4) is 0 Å². The van der Waals surface area contributed by atoms with Gasteiger partial charge in [-0.1, -0.05) is 5.57 Å². The van der Waals surface area contributed by atoms with Crippen LogP contribution < -0.4 is 0 Å². The van der Waals surface area contributed by atoms with Crippen molar-refractivity contribution in [3.8, 4) is 0 Å². The zero-order valence-electron chi connectivity index (χ0n) is 7.53. The van der Waals surface area contributed by atoms with Crippen molar-refractivity contribution in [3.63, 3.8) is 0 Å². The van der Waals surface area contributed by atoms with Crippen LogP contribution in [-0.2, 0) is 6.54 Å². The smallest absolute Gasteiger partial charge is 0.356 e. The Balaban J connectivity index is 2.59. The second-order valence-electron chi connectivity index (χ2n) is 2.98.